The van der Waals surface area contributed by atoms with Gasteiger partial charge in [-0.15, -0.1) is 0 Å². The lowest BCUT2D eigenvalue weighted by atomic mass is 9.77. The van der Waals surface area contributed by atoms with Crippen molar-refractivity contribution in [3.05, 3.63) is 59.4 Å². The first kappa shape index (κ1) is 24.4. The van der Waals surface area contributed by atoms with Crippen LogP contribution in [-0.2, 0) is 9.47 Å². The van der Waals surface area contributed by atoms with Crippen LogP contribution < -0.4 is 0 Å². The average Bonchev–Trinajstić information content (AvgIpc) is 2.85. The molecule has 2 fully saturated rings. The van der Waals surface area contributed by atoms with Gasteiger partial charge in [0.05, 0.1) is 13.2 Å². The fourth-order valence-electron chi connectivity index (χ4n) is 5.62. The van der Waals surface area contributed by atoms with Crippen LogP contribution in [0, 0.1) is 17.7 Å². The molecule has 1 aliphatic heterocycles. The minimum atomic E-state index is -0.309. The van der Waals surface area contributed by atoms with Crippen LogP contribution >= 0.6 is 0 Å². The molecule has 1 aliphatic carbocycles. The summed E-state index contributed by atoms with van der Waals surface area (Å²) in [5, 5.41) is 0. The van der Waals surface area contributed by atoms with Crippen LogP contribution in [0.4, 0.5) is 4.39 Å². The first-order valence-corrected chi connectivity index (χ1v) is 13.3. The summed E-state index contributed by atoms with van der Waals surface area (Å²) in [5.41, 5.74) is 3.75. The summed E-state index contributed by atoms with van der Waals surface area (Å²) in [6, 6.07) is 13.9. The zero-order valence-corrected chi connectivity index (χ0v) is 20.5. The number of hydrogen-bond acceptors (Lipinski definition) is 2. The van der Waals surface area contributed by atoms with E-state index in [4.69, 9.17) is 9.47 Å². The number of rotatable bonds is 9. The Morgan fingerprint density at radius 1 is 0.758 bits per heavy atom. The molecule has 2 aromatic carbocycles. The molecule has 2 nitrogen and oxygen atoms in total. The van der Waals surface area contributed by atoms with Gasteiger partial charge in [0.1, 0.15) is 5.82 Å². The van der Waals surface area contributed by atoms with Gasteiger partial charge in [0.25, 0.3) is 0 Å². The largest absolute Gasteiger partial charge is 0.348 e. The minimum Gasteiger partial charge on any atom is -0.348 e. The fraction of sp³-hybridized carbons (Fsp3) is 0.600. The van der Waals surface area contributed by atoms with Crippen molar-refractivity contribution < 1.29 is 13.9 Å². The molecule has 1 saturated heterocycles. The molecule has 33 heavy (non-hydrogen) atoms. The van der Waals surface area contributed by atoms with Crippen LogP contribution in [-0.4, -0.2) is 13.2 Å². The Morgan fingerprint density at radius 3 is 2.09 bits per heavy atom. The van der Waals surface area contributed by atoms with Gasteiger partial charge in [-0.1, -0.05) is 82.3 Å². The van der Waals surface area contributed by atoms with Crippen molar-refractivity contribution in [3.8, 4) is 11.1 Å². The SMILES string of the molecule is CCCCCC1COC(c2ccc(-c3ccc([C@H]4CC[C@H](CCC)CC4)cc3F)cc2)OC1. The van der Waals surface area contributed by atoms with Crippen LogP contribution in [0.3, 0.4) is 0 Å². The molecule has 0 amide bonds. The molecule has 0 radical (unpaired) electrons. The molecule has 2 aliphatic rings. The lowest BCUT2D eigenvalue weighted by Gasteiger charge is -2.29. The molecule has 0 atom stereocenters. The van der Waals surface area contributed by atoms with E-state index >= 15 is 4.39 Å². The molecule has 1 saturated carbocycles. The monoisotopic (exact) mass is 452 g/mol. The number of halogens is 1. The Labute approximate surface area is 199 Å². The molecule has 0 unspecified atom stereocenters. The second kappa shape index (κ2) is 12.1. The minimum absolute atomic E-state index is 0.115. The van der Waals surface area contributed by atoms with E-state index in [1.807, 2.05) is 30.3 Å². The second-order valence-corrected chi connectivity index (χ2v) is 10.2. The van der Waals surface area contributed by atoms with Gasteiger partial charge in [0.2, 0.25) is 0 Å². The van der Waals surface area contributed by atoms with Gasteiger partial charge in [0, 0.05) is 17.0 Å². The molecule has 4 rings (SSSR count). The molecule has 0 spiro atoms. The molecule has 0 aromatic heterocycles. The van der Waals surface area contributed by atoms with E-state index in [1.165, 1.54) is 69.8 Å². The Kier molecular flexibility index (Phi) is 8.97. The third-order valence-electron chi connectivity index (χ3n) is 7.68. The van der Waals surface area contributed by atoms with Gasteiger partial charge in [0.15, 0.2) is 6.29 Å². The van der Waals surface area contributed by atoms with Crippen molar-refractivity contribution in [2.24, 2.45) is 11.8 Å². The highest BCUT2D eigenvalue weighted by Crippen LogP contribution is 2.39. The van der Waals surface area contributed by atoms with E-state index in [9.17, 15) is 0 Å². The molecule has 0 bridgehead atoms. The maximum absolute atomic E-state index is 15.1. The molecular weight excluding hydrogens is 411 g/mol. The van der Waals surface area contributed by atoms with E-state index in [2.05, 4.69) is 19.9 Å². The number of unbranched alkanes of at least 4 members (excludes halogenated alkanes) is 2. The van der Waals surface area contributed by atoms with Crippen molar-refractivity contribution in [3.63, 3.8) is 0 Å². The first-order valence-electron chi connectivity index (χ1n) is 13.3. The van der Waals surface area contributed by atoms with E-state index in [-0.39, 0.29) is 12.1 Å². The van der Waals surface area contributed by atoms with E-state index in [0.717, 1.165) is 30.3 Å². The lowest BCUT2D eigenvalue weighted by molar-refractivity contribution is -0.206. The van der Waals surface area contributed by atoms with Crippen LogP contribution in [0.1, 0.15) is 101 Å². The van der Waals surface area contributed by atoms with Crippen LogP contribution in [0.2, 0.25) is 0 Å². The van der Waals surface area contributed by atoms with Crippen molar-refractivity contribution in [2.45, 2.75) is 90.3 Å². The quantitative estimate of drug-likeness (QED) is 0.354. The predicted molar refractivity (Wildman–Crippen MR) is 134 cm³/mol. The maximum Gasteiger partial charge on any atom is 0.183 e. The number of ether oxygens (including phenoxy) is 2. The number of benzene rings is 2. The van der Waals surface area contributed by atoms with E-state index in [0.29, 0.717) is 17.4 Å². The first-order chi connectivity index (χ1) is 16.2. The Morgan fingerprint density at radius 2 is 1.45 bits per heavy atom. The van der Waals surface area contributed by atoms with Crippen molar-refractivity contribution >= 4 is 0 Å². The molecule has 3 heteroatoms. The summed E-state index contributed by atoms with van der Waals surface area (Å²) in [5.74, 6) is 1.77. The van der Waals surface area contributed by atoms with Gasteiger partial charge in [-0.25, -0.2) is 4.39 Å². The molecular formula is C30H41FO2. The zero-order chi connectivity index (χ0) is 23.0. The van der Waals surface area contributed by atoms with E-state index < -0.39 is 0 Å². The topological polar surface area (TPSA) is 18.5 Å². The third-order valence-corrected chi connectivity index (χ3v) is 7.68. The molecule has 180 valence electrons. The highest BCUT2D eigenvalue weighted by Gasteiger charge is 2.24. The van der Waals surface area contributed by atoms with Crippen LogP contribution in [0.25, 0.3) is 11.1 Å². The Bertz CT molecular complexity index is 846. The Balaban J connectivity index is 1.33. The highest BCUT2D eigenvalue weighted by atomic mass is 19.1. The fourth-order valence-corrected chi connectivity index (χ4v) is 5.62. The van der Waals surface area contributed by atoms with Crippen molar-refractivity contribution in [1.29, 1.82) is 0 Å². The second-order valence-electron chi connectivity index (χ2n) is 10.2. The summed E-state index contributed by atoms with van der Waals surface area (Å²) in [6.45, 7) is 6.01. The standard InChI is InChI=1S/C30H41FO2/c1-3-5-6-8-23-20-32-30(33-21-23)26-15-13-25(14-16-26)28-18-17-27(19-29(28)31)24-11-9-22(7-4-2)10-12-24/h13-19,22-24,30H,3-12,20-21H2,1-2H3/t22-,23?,24-,30?. The average molecular weight is 453 g/mol. The third kappa shape index (κ3) is 6.45. The summed E-state index contributed by atoms with van der Waals surface area (Å²) in [7, 11) is 0. The number of hydrogen-bond donors (Lipinski definition) is 0. The Hall–Kier alpha value is -1.71. The summed E-state index contributed by atoms with van der Waals surface area (Å²) in [4.78, 5) is 0. The smallest absolute Gasteiger partial charge is 0.183 e. The van der Waals surface area contributed by atoms with Crippen molar-refractivity contribution in [2.75, 3.05) is 13.2 Å². The van der Waals surface area contributed by atoms with Gasteiger partial charge in [-0.2, -0.15) is 0 Å². The zero-order valence-electron chi connectivity index (χ0n) is 20.5. The molecule has 1 heterocycles. The van der Waals surface area contributed by atoms with Crippen LogP contribution in [0.5, 0.6) is 0 Å². The lowest BCUT2D eigenvalue weighted by Crippen LogP contribution is -2.27. The van der Waals surface area contributed by atoms with Gasteiger partial charge in [-0.3, -0.25) is 0 Å². The van der Waals surface area contributed by atoms with Crippen molar-refractivity contribution in [1.82, 2.24) is 0 Å². The molecule has 0 N–H and O–H groups in total. The van der Waals surface area contributed by atoms with E-state index in [1.54, 1.807) is 6.07 Å². The summed E-state index contributed by atoms with van der Waals surface area (Å²) < 4.78 is 27.0. The summed E-state index contributed by atoms with van der Waals surface area (Å²) >= 11 is 0. The van der Waals surface area contributed by atoms with Gasteiger partial charge in [-0.05, 0) is 61.1 Å². The predicted octanol–water partition coefficient (Wildman–Crippen LogP) is 8.81. The summed E-state index contributed by atoms with van der Waals surface area (Å²) in [6.07, 6.45) is 12.2. The molecule has 2 aromatic rings. The van der Waals surface area contributed by atoms with Gasteiger partial charge < -0.3 is 9.47 Å². The van der Waals surface area contributed by atoms with Crippen LogP contribution in [0.15, 0.2) is 42.5 Å². The maximum atomic E-state index is 15.1. The normalized spacial score (nSPS) is 25.8. The van der Waals surface area contributed by atoms with Gasteiger partial charge >= 0.3 is 0 Å². The highest BCUT2D eigenvalue weighted by molar-refractivity contribution is 5.65.